The number of aromatic amines is 1. The summed E-state index contributed by atoms with van der Waals surface area (Å²) in [6.07, 6.45) is 0.627. The predicted molar refractivity (Wildman–Crippen MR) is 86.6 cm³/mol. The van der Waals surface area contributed by atoms with Crippen LogP contribution in [0.2, 0.25) is 5.28 Å². The van der Waals surface area contributed by atoms with Gasteiger partial charge in [0, 0.05) is 31.8 Å². The van der Waals surface area contributed by atoms with E-state index in [9.17, 15) is 14.7 Å². The van der Waals surface area contributed by atoms with Gasteiger partial charge < -0.3 is 10.0 Å². The normalized spacial score (nSPS) is 20.3. The number of aromatic nitrogens is 3. The quantitative estimate of drug-likeness (QED) is 0.857. The number of hydrogen-bond donors (Lipinski definition) is 2. The van der Waals surface area contributed by atoms with Crippen molar-refractivity contribution in [1.82, 2.24) is 20.1 Å². The van der Waals surface area contributed by atoms with Crippen LogP contribution in [-0.2, 0) is 16.0 Å². The molecule has 3 rings (SSSR count). The SMILES string of the molecule is O=C(O)[C@@H]1CN(C(=O)CCc2nc(Cl)n[nH]2)C[C@H]1c1ccccc1. The number of amides is 1. The molecule has 7 nitrogen and oxygen atoms in total. The Balaban J connectivity index is 1.66. The molecule has 1 amide bonds. The molecule has 0 unspecified atom stereocenters. The minimum absolute atomic E-state index is 0.0906. The van der Waals surface area contributed by atoms with E-state index in [1.807, 2.05) is 30.3 Å². The van der Waals surface area contributed by atoms with Gasteiger partial charge in [-0.15, -0.1) is 5.10 Å². The maximum Gasteiger partial charge on any atom is 0.308 e. The average Bonchev–Trinajstić information content (AvgIpc) is 3.20. The molecule has 0 aliphatic carbocycles. The number of nitrogens with zero attached hydrogens (tertiary/aromatic N) is 3. The molecule has 0 bridgehead atoms. The minimum Gasteiger partial charge on any atom is -0.481 e. The highest BCUT2D eigenvalue weighted by atomic mass is 35.5. The number of carbonyl (C=O) groups excluding carboxylic acids is 1. The molecule has 1 aliphatic rings. The number of rotatable bonds is 5. The third-order valence-electron chi connectivity index (χ3n) is 4.30. The zero-order chi connectivity index (χ0) is 17.1. The zero-order valence-electron chi connectivity index (χ0n) is 12.9. The lowest BCUT2D eigenvalue weighted by Crippen LogP contribution is -2.30. The molecule has 0 radical (unpaired) electrons. The molecule has 0 saturated carbocycles. The Morgan fingerprint density at radius 2 is 2.04 bits per heavy atom. The van der Waals surface area contributed by atoms with Crippen LogP contribution in [0.4, 0.5) is 0 Å². The highest BCUT2D eigenvalue weighted by Crippen LogP contribution is 2.33. The van der Waals surface area contributed by atoms with Crippen molar-refractivity contribution in [2.24, 2.45) is 5.92 Å². The molecular formula is C16H17ClN4O3. The summed E-state index contributed by atoms with van der Waals surface area (Å²) in [6, 6.07) is 9.47. The first-order valence-corrected chi connectivity index (χ1v) is 8.04. The number of aryl methyl sites for hydroxylation is 1. The lowest BCUT2D eigenvalue weighted by molar-refractivity contribution is -0.141. The monoisotopic (exact) mass is 348 g/mol. The second-order valence-electron chi connectivity index (χ2n) is 5.81. The van der Waals surface area contributed by atoms with Gasteiger partial charge in [-0.05, 0) is 17.2 Å². The van der Waals surface area contributed by atoms with Gasteiger partial charge in [0.25, 0.3) is 0 Å². The van der Waals surface area contributed by atoms with Gasteiger partial charge in [0.2, 0.25) is 11.2 Å². The van der Waals surface area contributed by atoms with Gasteiger partial charge in [-0.3, -0.25) is 14.7 Å². The van der Waals surface area contributed by atoms with Gasteiger partial charge in [0.05, 0.1) is 5.92 Å². The van der Waals surface area contributed by atoms with Gasteiger partial charge >= 0.3 is 5.97 Å². The number of nitrogens with one attached hydrogen (secondary N) is 1. The van der Waals surface area contributed by atoms with Crippen LogP contribution in [0.5, 0.6) is 0 Å². The van der Waals surface area contributed by atoms with Crippen LogP contribution in [0.1, 0.15) is 23.7 Å². The van der Waals surface area contributed by atoms with Crippen molar-refractivity contribution in [2.75, 3.05) is 13.1 Å². The first kappa shape index (κ1) is 16.4. The number of benzene rings is 1. The zero-order valence-corrected chi connectivity index (χ0v) is 13.6. The molecule has 2 atom stereocenters. The van der Waals surface area contributed by atoms with Crippen LogP contribution >= 0.6 is 11.6 Å². The van der Waals surface area contributed by atoms with Gasteiger partial charge in [-0.25, -0.2) is 4.98 Å². The first-order chi connectivity index (χ1) is 11.5. The van der Waals surface area contributed by atoms with E-state index in [0.717, 1.165) is 5.56 Å². The van der Waals surface area contributed by atoms with E-state index in [4.69, 9.17) is 11.6 Å². The highest BCUT2D eigenvalue weighted by Gasteiger charge is 2.40. The number of halogens is 1. The molecule has 0 spiro atoms. The van der Waals surface area contributed by atoms with Crippen LogP contribution in [-0.4, -0.2) is 50.2 Å². The van der Waals surface area contributed by atoms with E-state index in [2.05, 4.69) is 15.2 Å². The summed E-state index contributed by atoms with van der Waals surface area (Å²) in [7, 11) is 0. The molecule has 126 valence electrons. The Labute approximate surface area is 143 Å². The number of aliphatic carboxylic acids is 1. The fraction of sp³-hybridized carbons (Fsp3) is 0.375. The molecule has 2 N–H and O–H groups in total. The van der Waals surface area contributed by atoms with Crippen molar-refractivity contribution in [3.63, 3.8) is 0 Å². The molecular weight excluding hydrogens is 332 g/mol. The van der Waals surface area contributed by atoms with Crippen molar-refractivity contribution < 1.29 is 14.7 Å². The third-order valence-corrected chi connectivity index (χ3v) is 4.47. The van der Waals surface area contributed by atoms with Crippen molar-refractivity contribution >= 4 is 23.5 Å². The Morgan fingerprint density at radius 1 is 1.29 bits per heavy atom. The number of carbonyl (C=O) groups is 2. The predicted octanol–water partition coefficient (Wildman–Crippen LogP) is 1.72. The van der Waals surface area contributed by atoms with Gasteiger partial charge in [0.1, 0.15) is 5.82 Å². The fourth-order valence-electron chi connectivity index (χ4n) is 3.06. The molecule has 1 saturated heterocycles. The lowest BCUT2D eigenvalue weighted by atomic mass is 9.89. The summed E-state index contributed by atoms with van der Waals surface area (Å²) in [6.45, 7) is 0.641. The molecule has 2 aromatic rings. The maximum absolute atomic E-state index is 12.4. The summed E-state index contributed by atoms with van der Waals surface area (Å²) >= 11 is 5.63. The van der Waals surface area contributed by atoms with Crippen molar-refractivity contribution in [3.8, 4) is 0 Å². The van der Waals surface area contributed by atoms with Gasteiger partial charge in [-0.1, -0.05) is 30.3 Å². The van der Waals surface area contributed by atoms with Gasteiger partial charge in [-0.2, -0.15) is 0 Å². The molecule has 2 heterocycles. The average molecular weight is 349 g/mol. The number of carboxylic acid groups (broad SMARTS) is 1. The van der Waals surface area contributed by atoms with Crippen LogP contribution in [0, 0.1) is 5.92 Å². The second kappa shape index (κ2) is 7.00. The molecule has 1 aromatic heterocycles. The van der Waals surface area contributed by atoms with Crippen molar-refractivity contribution in [3.05, 3.63) is 47.0 Å². The topological polar surface area (TPSA) is 99.2 Å². The molecule has 1 aromatic carbocycles. The number of carboxylic acids is 1. The largest absolute Gasteiger partial charge is 0.481 e. The van der Waals surface area contributed by atoms with E-state index in [1.54, 1.807) is 4.90 Å². The number of H-pyrrole nitrogens is 1. The first-order valence-electron chi connectivity index (χ1n) is 7.67. The summed E-state index contributed by atoms with van der Waals surface area (Å²) in [4.78, 5) is 29.5. The molecule has 1 fully saturated rings. The van der Waals surface area contributed by atoms with Crippen molar-refractivity contribution in [2.45, 2.75) is 18.8 Å². The summed E-state index contributed by atoms with van der Waals surface area (Å²) in [5.74, 6) is -1.20. The number of likely N-dealkylation sites (tertiary alicyclic amines) is 1. The lowest BCUT2D eigenvalue weighted by Gasteiger charge is -2.16. The highest BCUT2D eigenvalue weighted by molar-refractivity contribution is 6.28. The van der Waals surface area contributed by atoms with Gasteiger partial charge in [0.15, 0.2) is 0 Å². The summed E-state index contributed by atoms with van der Waals surface area (Å²) in [5, 5.41) is 16.0. The summed E-state index contributed by atoms with van der Waals surface area (Å²) < 4.78 is 0. The standard InChI is InChI=1S/C16H17ClN4O3/c17-16-18-13(19-20-16)6-7-14(22)21-8-11(12(9-21)15(23)24)10-4-2-1-3-5-10/h1-5,11-12H,6-9H2,(H,23,24)(H,18,19,20)/t11-,12+/m0/s1. The Bertz CT molecular complexity index is 734. The van der Waals surface area contributed by atoms with E-state index >= 15 is 0 Å². The molecule has 1 aliphatic heterocycles. The van der Waals surface area contributed by atoms with Crippen LogP contribution < -0.4 is 0 Å². The fourth-order valence-corrected chi connectivity index (χ4v) is 3.21. The maximum atomic E-state index is 12.4. The van der Waals surface area contributed by atoms with E-state index in [1.165, 1.54) is 0 Å². The Kier molecular flexibility index (Phi) is 4.80. The van der Waals surface area contributed by atoms with E-state index < -0.39 is 11.9 Å². The van der Waals surface area contributed by atoms with Crippen LogP contribution in [0.3, 0.4) is 0 Å². The molecule has 8 heteroatoms. The van der Waals surface area contributed by atoms with E-state index in [0.29, 0.717) is 18.8 Å². The third kappa shape index (κ3) is 3.56. The van der Waals surface area contributed by atoms with E-state index in [-0.39, 0.29) is 30.1 Å². The Morgan fingerprint density at radius 3 is 2.67 bits per heavy atom. The summed E-state index contributed by atoms with van der Waals surface area (Å²) in [5.41, 5.74) is 0.946. The second-order valence-corrected chi connectivity index (χ2v) is 6.15. The minimum atomic E-state index is -0.874. The van der Waals surface area contributed by atoms with Crippen LogP contribution in [0.25, 0.3) is 0 Å². The Hall–Kier alpha value is -2.41. The van der Waals surface area contributed by atoms with Crippen molar-refractivity contribution in [1.29, 1.82) is 0 Å². The molecule has 24 heavy (non-hydrogen) atoms. The van der Waals surface area contributed by atoms with Crippen LogP contribution in [0.15, 0.2) is 30.3 Å². The number of hydrogen-bond acceptors (Lipinski definition) is 4. The smallest absolute Gasteiger partial charge is 0.308 e.